The van der Waals surface area contributed by atoms with Crippen molar-refractivity contribution in [3.05, 3.63) is 59.7 Å². The molecule has 2 bridgehead atoms. The van der Waals surface area contributed by atoms with Gasteiger partial charge in [-0.3, -0.25) is 0 Å². The first-order valence-electron chi connectivity index (χ1n) is 11.0. The summed E-state index contributed by atoms with van der Waals surface area (Å²) in [4.78, 5) is 14.8. The molecular formula is C25H27NO3. The topological polar surface area (TPSA) is 49.8 Å². The summed E-state index contributed by atoms with van der Waals surface area (Å²) in [5.74, 6) is 2.06. The number of hydrogen-bond donors (Lipinski definition) is 1. The van der Waals surface area contributed by atoms with E-state index in [4.69, 9.17) is 4.74 Å². The molecule has 1 amide bonds. The molecule has 4 aliphatic carbocycles. The molecule has 0 unspecified atom stereocenters. The summed E-state index contributed by atoms with van der Waals surface area (Å²) >= 11 is 0. The van der Waals surface area contributed by atoms with E-state index in [0.29, 0.717) is 30.3 Å². The van der Waals surface area contributed by atoms with E-state index in [1.54, 1.807) is 0 Å². The summed E-state index contributed by atoms with van der Waals surface area (Å²) in [6, 6.07) is 16.9. The number of hydrogen-bond acceptors (Lipinski definition) is 3. The summed E-state index contributed by atoms with van der Waals surface area (Å²) < 4.78 is 5.87. The second kappa shape index (κ2) is 6.60. The van der Waals surface area contributed by atoms with Gasteiger partial charge in [0.1, 0.15) is 6.61 Å². The van der Waals surface area contributed by atoms with Crippen molar-refractivity contribution in [1.29, 1.82) is 0 Å². The zero-order valence-corrected chi connectivity index (χ0v) is 16.5. The number of likely N-dealkylation sites (tertiary alicyclic amines) is 1. The van der Waals surface area contributed by atoms with Crippen molar-refractivity contribution in [3.63, 3.8) is 0 Å². The standard InChI is InChI=1S/C25H27NO3/c27-24-11-15-9-10-20(24)22-13-26(12-21(15)22)25(28)29-14-23-18-7-3-1-5-16(18)17-6-2-4-8-19(17)23/h1-8,15,20-24,27H,9-14H2/t15-,20-,21+,22-,24-/m1/s1. The fourth-order valence-electron chi connectivity index (χ4n) is 6.73. The lowest BCUT2D eigenvalue weighted by Gasteiger charge is -2.47. The van der Waals surface area contributed by atoms with Gasteiger partial charge in [0.15, 0.2) is 0 Å². The fraction of sp³-hybridized carbons (Fsp3) is 0.480. The van der Waals surface area contributed by atoms with Gasteiger partial charge in [-0.05, 0) is 65.2 Å². The van der Waals surface area contributed by atoms with E-state index in [1.807, 2.05) is 4.90 Å². The number of aliphatic hydroxyl groups is 1. The minimum absolute atomic E-state index is 0.106. The predicted molar refractivity (Wildman–Crippen MR) is 110 cm³/mol. The van der Waals surface area contributed by atoms with Crippen LogP contribution in [0.5, 0.6) is 0 Å². The normalized spacial score (nSPS) is 32.0. The fourth-order valence-corrected chi connectivity index (χ4v) is 6.73. The maximum absolute atomic E-state index is 12.9. The van der Waals surface area contributed by atoms with Crippen molar-refractivity contribution in [2.75, 3.05) is 19.7 Å². The van der Waals surface area contributed by atoms with E-state index in [9.17, 15) is 9.90 Å². The highest BCUT2D eigenvalue weighted by atomic mass is 16.6. The number of nitrogens with zero attached hydrogens (tertiary/aromatic N) is 1. The molecule has 2 aromatic carbocycles. The second-order valence-electron chi connectivity index (χ2n) is 9.34. The van der Waals surface area contributed by atoms with Crippen LogP contribution < -0.4 is 0 Å². The Morgan fingerprint density at radius 3 is 2.28 bits per heavy atom. The van der Waals surface area contributed by atoms with E-state index < -0.39 is 0 Å². The van der Waals surface area contributed by atoms with Crippen LogP contribution >= 0.6 is 0 Å². The Bertz CT molecular complexity index is 911. The number of rotatable bonds is 2. The summed E-state index contributed by atoms with van der Waals surface area (Å²) in [6.07, 6.45) is 2.89. The minimum atomic E-state index is -0.185. The third kappa shape index (κ3) is 2.65. The maximum atomic E-state index is 12.9. The molecule has 2 aromatic rings. The first-order chi connectivity index (χ1) is 14.2. The van der Waals surface area contributed by atoms with Gasteiger partial charge in [-0.1, -0.05) is 48.5 Å². The summed E-state index contributed by atoms with van der Waals surface area (Å²) in [6.45, 7) is 1.93. The number of carbonyl (C=O) groups is 1. The quantitative estimate of drug-likeness (QED) is 0.834. The highest BCUT2D eigenvalue weighted by Crippen LogP contribution is 2.52. The van der Waals surface area contributed by atoms with E-state index >= 15 is 0 Å². The molecule has 1 aliphatic heterocycles. The van der Waals surface area contributed by atoms with Gasteiger partial charge >= 0.3 is 6.09 Å². The van der Waals surface area contributed by atoms with E-state index in [-0.39, 0.29) is 18.1 Å². The number of fused-ring (bicyclic) bond motifs is 5. The van der Waals surface area contributed by atoms with Crippen LogP contribution in [0.3, 0.4) is 0 Å². The number of ether oxygens (including phenoxy) is 1. The molecule has 5 aliphatic rings. The van der Waals surface area contributed by atoms with Crippen LogP contribution in [0.25, 0.3) is 11.1 Å². The minimum Gasteiger partial charge on any atom is -0.448 e. The van der Waals surface area contributed by atoms with Crippen molar-refractivity contribution in [3.8, 4) is 11.1 Å². The van der Waals surface area contributed by atoms with Gasteiger partial charge in [-0.15, -0.1) is 0 Å². The van der Waals surface area contributed by atoms with Crippen LogP contribution in [0, 0.1) is 23.7 Å². The molecule has 1 heterocycles. The zero-order valence-electron chi connectivity index (χ0n) is 16.5. The summed E-state index contributed by atoms with van der Waals surface area (Å²) in [5.41, 5.74) is 5.00. The van der Waals surface area contributed by atoms with Crippen molar-refractivity contribution >= 4 is 6.09 Å². The van der Waals surface area contributed by atoms with Crippen molar-refractivity contribution in [2.24, 2.45) is 23.7 Å². The predicted octanol–water partition coefficient (Wildman–Crippen LogP) is 4.27. The van der Waals surface area contributed by atoms with Gasteiger partial charge in [0.05, 0.1) is 6.10 Å². The molecule has 150 valence electrons. The van der Waals surface area contributed by atoms with Crippen LogP contribution in [0.1, 0.15) is 36.3 Å². The molecule has 29 heavy (non-hydrogen) atoms. The molecular weight excluding hydrogens is 362 g/mol. The van der Waals surface area contributed by atoms with E-state index in [2.05, 4.69) is 48.5 Å². The Hall–Kier alpha value is -2.33. The summed E-state index contributed by atoms with van der Waals surface area (Å²) in [7, 11) is 0. The average Bonchev–Trinajstić information content (AvgIpc) is 3.34. The van der Waals surface area contributed by atoms with Crippen molar-refractivity contribution in [1.82, 2.24) is 4.90 Å². The highest BCUT2D eigenvalue weighted by Gasteiger charge is 2.52. The molecule has 1 saturated heterocycles. The van der Waals surface area contributed by atoms with Gasteiger partial charge < -0.3 is 14.7 Å². The molecule has 4 heteroatoms. The van der Waals surface area contributed by atoms with Crippen LogP contribution in [0.2, 0.25) is 0 Å². The molecule has 0 radical (unpaired) electrons. The highest BCUT2D eigenvalue weighted by molar-refractivity contribution is 5.79. The average molecular weight is 389 g/mol. The smallest absolute Gasteiger partial charge is 0.409 e. The molecule has 5 atom stereocenters. The molecule has 0 aromatic heterocycles. The lowest BCUT2D eigenvalue weighted by Crippen LogP contribution is -2.47. The number of aliphatic hydroxyl groups excluding tert-OH is 1. The molecule has 3 saturated carbocycles. The SMILES string of the molecule is O=C(OCC1c2ccccc2-c2ccccc21)N1C[C@@H]2[C@H]3CC[C@H](C[C@H]3O)[C@@H]2C1. The third-order valence-electron chi connectivity index (χ3n) is 8.07. The number of amides is 1. The van der Waals surface area contributed by atoms with Crippen LogP contribution in [-0.2, 0) is 4.74 Å². The monoisotopic (exact) mass is 389 g/mol. The van der Waals surface area contributed by atoms with Gasteiger partial charge in [-0.25, -0.2) is 4.79 Å². The van der Waals surface area contributed by atoms with Crippen LogP contribution in [0.4, 0.5) is 4.79 Å². The van der Waals surface area contributed by atoms with Gasteiger partial charge in [-0.2, -0.15) is 0 Å². The van der Waals surface area contributed by atoms with Crippen molar-refractivity contribution < 1.29 is 14.6 Å². The summed E-state index contributed by atoms with van der Waals surface area (Å²) in [5, 5.41) is 10.4. The number of benzene rings is 2. The Labute approximate surface area is 171 Å². The number of carbonyl (C=O) groups excluding carboxylic acids is 1. The molecule has 4 fully saturated rings. The first kappa shape index (κ1) is 17.5. The lowest BCUT2D eigenvalue weighted by molar-refractivity contribution is -0.0574. The maximum Gasteiger partial charge on any atom is 0.409 e. The Balaban J connectivity index is 1.17. The zero-order chi connectivity index (χ0) is 19.5. The van der Waals surface area contributed by atoms with E-state index in [1.165, 1.54) is 28.7 Å². The van der Waals surface area contributed by atoms with E-state index in [0.717, 1.165) is 25.9 Å². The lowest BCUT2D eigenvalue weighted by atomic mass is 9.58. The van der Waals surface area contributed by atoms with Crippen LogP contribution in [0.15, 0.2) is 48.5 Å². The van der Waals surface area contributed by atoms with Gasteiger partial charge in [0.25, 0.3) is 0 Å². The van der Waals surface area contributed by atoms with Crippen molar-refractivity contribution in [2.45, 2.75) is 31.3 Å². The second-order valence-corrected chi connectivity index (χ2v) is 9.34. The molecule has 4 nitrogen and oxygen atoms in total. The molecule has 7 rings (SSSR count). The largest absolute Gasteiger partial charge is 0.448 e. The Morgan fingerprint density at radius 2 is 1.59 bits per heavy atom. The van der Waals surface area contributed by atoms with Gasteiger partial charge in [0, 0.05) is 19.0 Å². The Morgan fingerprint density at radius 1 is 0.931 bits per heavy atom. The first-order valence-corrected chi connectivity index (χ1v) is 11.0. The van der Waals surface area contributed by atoms with Crippen LogP contribution in [-0.4, -0.2) is 41.9 Å². The molecule has 0 spiro atoms. The van der Waals surface area contributed by atoms with Gasteiger partial charge in [0.2, 0.25) is 0 Å². The third-order valence-corrected chi connectivity index (χ3v) is 8.07. The molecule has 1 N–H and O–H groups in total. The Kier molecular flexibility index (Phi) is 3.98.